The van der Waals surface area contributed by atoms with Crippen LogP contribution in [0.1, 0.15) is 47.5 Å². The molecule has 0 aromatic heterocycles. The Morgan fingerprint density at radius 2 is 1.90 bits per heavy atom. The molecule has 1 aliphatic carbocycles. The summed E-state index contributed by atoms with van der Waals surface area (Å²) < 4.78 is 4.79. The van der Waals surface area contributed by atoms with E-state index < -0.39 is 17.2 Å². The Labute approximate surface area is 126 Å². The maximum atomic E-state index is 12.6. The van der Waals surface area contributed by atoms with Crippen LogP contribution in [0.4, 0.5) is 0 Å². The highest BCUT2D eigenvalue weighted by atomic mass is 16.5. The first-order valence-electron chi connectivity index (χ1n) is 7.13. The minimum Gasteiger partial charge on any atom is -0.468 e. The molecule has 0 heterocycles. The molecule has 21 heavy (non-hydrogen) atoms. The highest BCUT2D eigenvalue weighted by Gasteiger charge is 2.49. The minimum absolute atomic E-state index is 0.000556. The summed E-state index contributed by atoms with van der Waals surface area (Å²) in [5.41, 5.74) is 0.853. The smallest absolute Gasteiger partial charge is 0.319 e. The van der Waals surface area contributed by atoms with E-state index in [9.17, 15) is 14.4 Å². The summed E-state index contributed by atoms with van der Waals surface area (Å²) in [6.07, 6.45) is 3.16. The van der Waals surface area contributed by atoms with Gasteiger partial charge in [0.2, 0.25) is 0 Å². The molecule has 0 saturated carbocycles. The lowest BCUT2D eigenvalue weighted by atomic mass is 9.66. The summed E-state index contributed by atoms with van der Waals surface area (Å²) in [6, 6.07) is 0. The van der Waals surface area contributed by atoms with E-state index in [2.05, 4.69) is 6.08 Å². The Hall–Kier alpha value is -1.71. The number of Topliss-reactive ketones (excluding diaryl/α,β-unsaturated/α-hetero) is 2. The highest BCUT2D eigenvalue weighted by Crippen LogP contribution is 2.42. The third-order valence-electron chi connectivity index (χ3n) is 4.19. The van der Waals surface area contributed by atoms with Gasteiger partial charge in [-0.1, -0.05) is 17.2 Å². The largest absolute Gasteiger partial charge is 0.468 e. The van der Waals surface area contributed by atoms with Crippen LogP contribution in [-0.4, -0.2) is 24.6 Å². The van der Waals surface area contributed by atoms with Crippen LogP contribution in [0.2, 0.25) is 0 Å². The fourth-order valence-corrected chi connectivity index (χ4v) is 2.87. The van der Waals surface area contributed by atoms with Crippen molar-refractivity contribution in [2.45, 2.75) is 47.5 Å². The molecule has 0 aromatic carbocycles. The average Bonchev–Trinajstić information content (AvgIpc) is 2.40. The van der Waals surface area contributed by atoms with E-state index in [0.717, 1.165) is 5.57 Å². The summed E-state index contributed by atoms with van der Waals surface area (Å²) in [7, 11) is 1.27. The molecule has 0 saturated heterocycles. The van der Waals surface area contributed by atoms with Crippen LogP contribution in [0.15, 0.2) is 22.8 Å². The molecule has 4 nitrogen and oxygen atoms in total. The topological polar surface area (TPSA) is 60.4 Å². The van der Waals surface area contributed by atoms with Crippen molar-refractivity contribution in [3.8, 4) is 0 Å². The molecule has 0 fully saturated rings. The lowest BCUT2D eigenvalue weighted by Crippen LogP contribution is -2.45. The number of hydrogen-bond acceptors (Lipinski definition) is 4. The minimum atomic E-state index is -1.27. The van der Waals surface area contributed by atoms with Gasteiger partial charge in [-0.2, -0.15) is 0 Å². The summed E-state index contributed by atoms with van der Waals surface area (Å²) >= 11 is 0. The zero-order chi connectivity index (χ0) is 16.4. The predicted octanol–water partition coefficient (Wildman–Crippen LogP) is 3.02. The number of ketones is 2. The van der Waals surface area contributed by atoms with E-state index >= 15 is 0 Å². The van der Waals surface area contributed by atoms with Gasteiger partial charge in [-0.3, -0.25) is 14.4 Å². The number of carbonyl (C=O) groups excluding carboxylic acids is 3. The molecule has 0 bridgehead atoms. The lowest BCUT2D eigenvalue weighted by molar-refractivity contribution is -0.157. The maximum Gasteiger partial charge on any atom is 0.319 e. The number of methoxy groups -OCH3 is 1. The Morgan fingerprint density at radius 3 is 2.33 bits per heavy atom. The summed E-state index contributed by atoms with van der Waals surface area (Å²) in [5.74, 6) is -1.26. The predicted molar refractivity (Wildman–Crippen MR) is 80.7 cm³/mol. The van der Waals surface area contributed by atoms with Gasteiger partial charge in [-0.25, -0.2) is 0 Å². The van der Waals surface area contributed by atoms with Gasteiger partial charge in [0.15, 0.2) is 11.6 Å². The van der Waals surface area contributed by atoms with Crippen molar-refractivity contribution in [1.82, 2.24) is 0 Å². The molecular weight excluding hydrogens is 268 g/mol. The maximum absolute atomic E-state index is 12.6. The molecular formula is C17H24O4. The van der Waals surface area contributed by atoms with Crippen LogP contribution >= 0.6 is 0 Å². The summed E-state index contributed by atoms with van der Waals surface area (Å²) in [6.45, 7) is 8.76. The van der Waals surface area contributed by atoms with E-state index in [0.29, 0.717) is 12.8 Å². The van der Waals surface area contributed by atoms with Crippen molar-refractivity contribution in [2.75, 3.05) is 7.11 Å². The monoisotopic (exact) mass is 292 g/mol. The Bertz CT molecular complexity index is 535. The van der Waals surface area contributed by atoms with Gasteiger partial charge in [0.1, 0.15) is 5.41 Å². The van der Waals surface area contributed by atoms with Crippen LogP contribution in [0.5, 0.6) is 0 Å². The normalized spacial score (nSPS) is 25.6. The van der Waals surface area contributed by atoms with Crippen LogP contribution in [0, 0.1) is 11.3 Å². The van der Waals surface area contributed by atoms with E-state index in [1.54, 1.807) is 6.92 Å². The van der Waals surface area contributed by atoms with Gasteiger partial charge in [-0.15, -0.1) is 0 Å². The highest BCUT2D eigenvalue weighted by molar-refractivity contribution is 6.26. The molecule has 1 aliphatic rings. The molecule has 0 radical (unpaired) electrons. The standard InChI is InChI=1S/C17H24O4/c1-10(2)7-8-13-9-17(5,16(20)21-6)15(19)14(11(13)3)12(4)18/h7,13H,8-9H2,1-6H3/t13-,17+/m1/s1. The number of allylic oxidation sites excluding steroid dienone is 4. The average molecular weight is 292 g/mol. The van der Waals surface area contributed by atoms with Crippen LogP contribution < -0.4 is 0 Å². The quantitative estimate of drug-likeness (QED) is 0.346. The Balaban J connectivity index is 3.35. The van der Waals surface area contributed by atoms with Crippen molar-refractivity contribution in [2.24, 2.45) is 11.3 Å². The second-order valence-electron chi connectivity index (χ2n) is 6.19. The fraction of sp³-hybridized carbons (Fsp3) is 0.588. The number of hydrogen-bond donors (Lipinski definition) is 0. The molecule has 0 amide bonds. The Morgan fingerprint density at radius 1 is 1.33 bits per heavy atom. The second-order valence-corrected chi connectivity index (χ2v) is 6.19. The second kappa shape index (κ2) is 6.37. The lowest BCUT2D eigenvalue weighted by Gasteiger charge is -2.35. The van der Waals surface area contributed by atoms with Crippen molar-refractivity contribution in [3.05, 3.63) is 22.8 Å². The molecule has 0 spiro atoms. The Kier molecular flexibility index (Phi) is 5.26. The molecule has 0 aromatic rings. The van der Waals surface area contributed by atoms with E-state index in [1.807, 2.05) is 20.8 Å². The third-order valence-corrected chi connectivity index (χ3v) is 4.19. The summed E-state index contributed by atoms with van der Waals surface area (Å²) in [5, 5.41) is 0. The van der Waals surface area contributed by atoms with Gasteiger partial charge >= 0.3 is 5.97 Å². The van der Waals surface area contributed by atoms with Crippen molar-refractivity contribution >= 4 is 17.5 Å². The first kappa shape index (κ1) is 17.3. The van der Waals surface area contributed by atoms with Crippen molar-refractivity contribution < 1.29 is 19.1 Å². The number of ether oxygens (including phenoxy) is 1. The van der Waals surface area contributed by atoms with Gasteiger partial charge in [0.05, 0.1) is 12.7 Å². The molecule has 116 valence electrons. The SMILES string of the molecule is COC(=O)[C@@]1(C)C[C@@H](CC=C(C)C)C(C)=C(C(C)=O)C1=O. The van der Waals surface area contributed by atoms with Gasteiger partial charge in [0, 0.05) is 0 Å². The zero-order valence-electron chi connectivity index (χ0n) is 13.7. The van der Waals surface area contributed by atoms with Gasteiger partial charge < -0.3 is 4.74 Å². The molecule has 0 N–H and O–H groups in total. The number of esters is 1. The molecule has 0 aliphatic heterocycles. The van der Waals surface area contributed by atoms with Gasteiger partial charge in [-0.05, 0) is 53.4 Å². The van der Waals surface area contributed by atoms with E-state index in [-0.39, 0.29) is 17.3 Å². The number of rotatable bonds is 4. The molecule has 4 heteroatoms. The molecule has 2 atom stereocenters. The van der Waals surface area contributed by atoms with E-state index in [1.165, 1.54) is 19.6 Å². The summed E-state index contributed by atoms with van der Waals surface area (Å²) in [4.78, 5) is 36.5. The first-order valence-corrected chi connectivity index (χ1v) is 7.13. The zero-order valence-corrected chi connectivity index (χ0v) is 13.7. The number of carbonyl (C=O) groups is 3. The van der Waals surface area contributed by atoms with Crippen molar-refractivity contribution in [1.29, 1.82) is 0 Å². The van der Waals surface area contributed by atoms with E-state index in [4.69, 9.17) is 4.74 Å². The van der Waals surface area contributed by atoms with Crippen molar-refractivity contribution in [3.63, 3.8) is 0 Å². The fourth-order valence-electron chi connectivity index (χ4n) is 2.87. The first-order chi connectivity index (χ1) is 9.65. The van der Waals surface area contributed by atoms with Gasteiger partial charge in [0.25, 0.3) is 0 Å². The van der Waals surface area contributed by atoms with Crippen LogP contribution in [0.25, 0.3) is 0 Å². The molecule has 1 rings (SSSR count). The third kappa shape index (κ3) is 3.31. The molecule has 0 unspecified atom stereocenters. The van der Waals surface area contributed by atoms with Crippen LogP contribution in [0.3, 0.4) is 0 Å². The van der Waals surface area contributed by atoms with Crippen LogP contribution in [-0.2, 0) is 19.1 Å².